The van der Waals surface area contributed by atoms with E-state index in [1.54, 1.807) is 0 Å². The third-order valence-corrected chi connectivity index (χ3v) is 2.94. The molecular formula is C12H6F9N3O3. The Kier molecular flexibility index (Phi) is 5.15. The van der Waals surface area contributed by atoms with Crippen molar-refractivity contribution in [2.24, 2.45) is 0 Å². The van der Waals surface area contributed by atoms with Gasteiger partial charge in [0.2, 0.25) is 0 Å². The standard InChI is InChI=1S/C12H6F9N3O3/c1-4(10(13,14)15)22-7(25)23(5(2)11(16,17)18)9(27)24(8(22)26)6(3)12(19,20)21/h1-3H2. The molecular weight excluding hydrogens is 405 g/mol. The molecule has 0 fully saturated rings. The average Bonchev–Trinajstić information content (AvgIpc) is 2.43. The predicted molar refractivity (Wildman–Crippen MR) is 73.4 cm³/mol. The van der Waals surface area contributed by atoms with Crippen LogP contribution in [0.1, 0.15) is 0 Å². The Morgan fingerprint density at radius 1 is 0.519 bits per heavy atom. The van der Waals surface area contributed by atoms with E-state index in [0.717, 1.165) is 0 Å². The normalized spacial score (nSPS) is 12.8. The minimum Gasteiger partial charge on any atom is -0.247 e. The number of halogens is 9. The van der Waals surface area contributed by atoms with Gasteiger partial charge in [-0.05, 0) is 0 Å². The van der Waals surface area contributed by atoms with Gasteiger partial charge in [-0.3, -0.25) is 0 Å². The Balaban J connectivity index is 4.22. The highest BCUT2D eigenvalue weighted by Crippen LogP contribution is 2.29. The lowest BCUT2D eigenvalue weighted by Gasteiger charge is -2.19. The molecule has 1 heterocycles. The minimum absolute atomic E-state index is 1.17. The highest BCUT2D eigenvalue weighted by molar-refractivity contribution is 5.53. The number of allylic oxidation sites excluding steroid dienone is 3. The Hall–Kier alpha value is -3.00. The molecule has 1 aromatic rings. The fraction of sp³-hybridized carbons (Fsp3) is 0.250. The van der Waals surface area contributed by atoms with Crippen LogP contribution in [0.3, 0.4) is 0 Å². The van der Waals surface area contributed by atoms with E-state index in [4.69, 9.17) is 0 Å². The van der Waals surface area contributed by atoms with Crippen molar-refractivity contribution in [3.8, 4) is 0 Å². The number of rotatable bonds is 3. The van der Waals surface area contributed by atoms with E-state index in [1.165, 1.54) is 0 Å². The molecule has 150 valence electrons. The first-order chi connectivity index (χ1) is 11.8. The summed E-state index contributed by atoms with van der Waals surface area (Å²) in [4.78, 5) is 35.7. The molecule has 0 N–H and O–H groups in total. The molecule has 0 radical (unpaired) electrons. The van der Waals surface area contributed by atoms with Crippen LogP contribution in [0.4, 0.5) is 39.5 Å². The second-order valence-corrected chi connectivity index (χ2v) is 4.69. The van der Waals surface area contributed by atoms with Crippen molar-refractivity contribution in [2.75, 3.05) is 0 Å². The van der Waals surface area contributed by atoms with Crippen molar-refractivity contribution >= 4 is 17.1 Å². The second-order valence-electron chi connectivity index (χ2n) is 4.69. The Labute approximate surface area is 141 Å². The van der Waals surface area contributed by atoms with Gasteiger partial charge in [-0.2, -0.15) is 39.5 Å². The third-order valence-electron chi connectivity index (χ3n) is 2.94. The lowest BCUT2D eigenvalue weighted by Crippen LogP contribution is -2.56. The number of aromatic nitrogens is 3. The van der Waals surface area contributed by atoms with Gasteiger partial charge in [-0.1, -0.05) is 19.7 Å². The number of nitrogens with zero attached hydrogens (tertiary/aromatic N) is 3. The molecule has 0 aliphatic rings. The molecule has 0 bridgehead atoms. The zero-order chi connectivity index (χ0) is 21.7. The van der Waals surface area contributed by atoms with Crippen molar-refractivity contribution in [1.29, 1.82) is 0 Å². The molecule has 1 aromatic heterocycles. The van der Waals surface area contributed by atoms with Crippen LogP contribution in [-0.4, -0.2) is 32.2 Å². The first-order valence-electron chi connectivity index (χ1n) is 6.14. The fourth-order valence-electron chi connectivity index (χ4n) is 1.62. The molecule has 27 heavy (non-hydrogen) atoms. The summed E-state index contributed by atoms with van der Waals surface area (Å²) in [5.41, 5.74) is -15.0. The molecule has 0 atom stereocenters. The van der Waals surface area contributed by atoms with Crippen LogP contribution in [0.15, 0.2) is 34.1 Å². The quantitative estimate of drug-likeness (QED) is 0.717. The Morgan fingerprint density at radius 2 is 0.667 bits per heavy atom. The van der Waals surface area contributed by atoms with Gasteiger partial charge >= 0.3 is 35.6 Å². The summed E-state index contributed by atoms with van der Waals surface area (Å²) in [7, 11) is 0. The Bertz CT molecular complexity index is 840. The molecule has 6 nitrogen and oxygen atoms in total. The van der Waals surface area contributed by atoms with Crippen LogP contribution in [-0.2, 0) is 0 Å². The topological polar surface area (TPSA) is 66.0 Å². The maximum absolute atomic E-state index is 12.7. The zero-order valence-corrected chi connectivity index (χ0v) is 12.6. The van der Waals surface area contributed by atoms with E-state index < -0.39 is 66.4 Å². The van der Waals surface area contributed by atoms with Gasteiger partial charge in [-0.15, -0.1) is 0 Å². The largest absolute Gasteiger partial charge is 0.431 e. The maximum atomic E-state index is 12.7. The number of hydrogen-bond acceptors (Lipinski definition) is 3. The first-order valence-corrected chi connectivity index (χ1v) is 6.14. The van der Waals surface area contributed by atoms with Gasteiger partial charge in [-0.25, -0.2) is 28.1 Å². The van der Waals surface area contributed by atoms with Crippen LogP contribution in [0.25, 0.3) is 17.1 Å². The lowest BCUT2D eigenvalue weighted by molar-refractivity contribution is -0.0758. The van der Waals surface area contributed by atoms with Crippen molar-refractivity contribution in [2.45, 2.75) is 18.5 Å². The minimum atomic E-state index is -5.62. The summed E-state index contributed by atoms with van der Waals surface area (Å²) < 4.78 is 111. The molecule has 0 unspecified atom stereocenters. The summed E-state index contributed by atoms with van der Waals surface area (Å²) in [6, 6.07) is 0. The smallest absolute Gasteiger partial charge is 0.247 e. The maximum Gasteiger partial charge on any atom is 0.431 e. The monoisotopic (exact) mass is 411 g/mol. The van der Waals surface area contributed by atoms with Crippen molar-refractivity contribution < 1.29 is 39.5 Å². The lowest BCUT2D eigenvalue weighted by atomic mass is 10.4. The van der Waals surface area contributed by atoms with Gasteiger partial charge in [0, 0.05) is 0 Å². The summed E-state index contributed by atoms with van der Waals surface area (Å²) in [5.74, 6) is 0. The van der Waals surface area contributed by atoms with Crippen LogP contribution in [0.2, 0.25) is 0 Å². The van der Waals surface area contributed by atoms with Crippen LogP contribution in [0.5, 0.6) is 0 Å². The summed E-state index contributed by atoms with van der Waals surface area (Å²) in [5, 5.41) is 0. The summed E-state index contributed by atoms with van der Waals surface area (Å²) in [6.07, 6.45) is -16.9. The van der Waals surface area contributed by atoms with E-state index in [0.29, 0.717) is 0 Å². The van der Waals surface area contributed by atoms with Crippen LogP contribution < -0.4 is 17.1 Å². The van der Waals surface area contributed by atoms with Crippen LogP contribution >= 0.6 is 0 Å². The molecule has 0 aromatic carbocycles. The molecule has 0 spiro atoms. The first kappa shape index (κ1) is 22.0. The van der Waals surface area contributed by atoms with Crippen molar-refractivity contribution in [1.82, 2.24) is 13.7 Å². The van der Waals surface area contributed by atoms with Crippen molar-refractivity contribution in [3.05, 3.63) is 51.2 Å². The molecule has 0 saturated carbocycles. The van der Waals surface area contributed by atoms with Gasteiger partial charge in [0.15, 0.2) is 0 Å². The van der Waals surface area contributed by atoms with Crippen molar-refractivity contribution in [3.63, 3.8) is 0 Å². The SMILES string of the molecule is C=C(n1c(=O)n(C(=C)C(F)(F)F)c(=O)n(C(=C)C(F)(F)F)c1=O)C(F)(F)F. The summed E-state index contributed by atoms with van der Waals surface area (Å²) in [6.45, 7) is 6.78. The third kappa shape index (κ3) is 3.90. The van der Waals surface area contributed by atoms with E-state index >= 15 is 0 Å². The van der Waals surface area contributed by atoms with Gasteiger partial charge in [0.05, 0.1) is 0 Å². The molecule has 1 rings (SSSR count). The van der Waals surface area contributed by atoms with Gasteiger partial charge in [0.1, 0.15) is 17.1 Å². The number of alkyl halides is 9. The van der Waals surface area contributed by atoms with E-state index in [9.17, 15) is 53.9 Å². The zero-order valence-electron chi connectivity index (χ0n) is 12.6. The van der Waals surface area contributed by atoms with E-state index in [1.807, 2.05) is 0 Å². The van der Waals surface area contributed by atoms with Gasteiger partial charge in [0.25, 0.3) is 0 Å². The van der Waals surface area contributed by atoms with E-state index in [-0.39, 0.29) is 0 Å². The predicted octanol–water partition coefficient (Wildman–Crippen LogP) is 2.27. The fourth-order valence-corrected chi connectivity index (χ4v) is 1.62. The number of hydrogen-bond donors (Lipinski definition) is 0. The highest BCUT2D eigenvalue weighted by atomic mass is 19.4. The summed E-state index contributed by atoms with van der Waals surface area (Å²) >= 11 is 0. The average molecular weight is 411 g/mol. The highest BCUT2D eigenvalue weighted by Gasteiger charge is 2.42. The van der Waals surface area contributed by atoms with Gasteiger partial charge < -0.3 is 0 Å². The molecule has 15 heteroatoms. The van der Waals surface area contributed by atoms with E-state index in [2.05, 4.69) is 19.7 Å². The molecule has 0 aliphatic heterocycles. The van der Waals surface area contributed by atoms with Crippen LogP contribution in [0, 0.1) is 0 Å². The molecule has 0 amide bonds. The molecule has 0 saturated heterocycles. The Morgan fingerprint density at radius 3 is 0.778 bits per heavy atom. The second kappa shape index (κ2) is 6.31. The molecule has 0 aliphatic carbocycles.